The minimum absolute atomic E-state index is 0.103. The van der Waals surface area contributed by atoms with Crippen LogP contribution in [0.1, 0.15) is 32.3 Å². The van der Waals surface area contributed by atoms with Crippen molar-refractivity contribution in [2.75, 3.05) is 0 Å². The molecule has 1 aromatic rings. The third-order valence-corrected chi connectivity index (χ3v) is 4.44. The molecule has 1 heterocycles. The molecule has 1 aliphatic heterocycles. The number of piperidine rings is 1. The van der Waals surface area contributed by atoms with Crippen LogP contribution in [0.5, 0.6) is 0 Å². The molecule has 2 unspecified atom stereocenters. The van der Waals surface area contributed by atoms with E-state index in [1.165, 1.54) is 0 Å². The third-order valence-electron chi connectivity index (χ3n) is 3.91. The van der Waals surface area contributed by atoms with Crippen molar-refractivity contribution in [3.63, 3.8) is 0 Å². The fourth-order valence-electron chi connectivity index (χ4n) is 3.01. The Bertz CT molecular complexity index is 497. The second kappa shape index (κ2) is 5.45. The molecule has 1 aromatic carbocycles. The lowest BCUT2D eigenvalue weighted by Crippen LogP contribution is -2.51. The van der Waals surface area contributed by atoms with Gasteiger partial charge in [0.25, 0.3) is 0 Å². The maximum Gasteiger partial charge on any atom is 0.230 e. The molecule has 0 radical (unpaired) electrons. The molecule has 1 aliphatic rings. The van der Waals surface area contributed by atoms with Crippen molar-refractivity contribution in [1.82, 2.24) is 5.32 Å². The Morgan fingerprint density at radius 2 is 1.95 bits per heavy atom. The van der Waals surface area contributed by atoms with Crippen LogP contribution >= 0.6 is 15.9 Å². The summed E-state index contributed by atoms with van der Waals surface area (Å²) in [5.41, 5.74) is 0.869. The van der Waals surface area contributed by atoms with Crippen LogP contribution in [0.4, 0.5) is 0 Å². The van der Waals surface area contributed by atoms with Crippen molar-refractivity contribution in [3.05, 3.63) is 34.3 Å². The van der Waals surface area contributed by atoms with Gasteiger partial charge in [-0.05, 0) is 36.0 Å². The molecule has 0 saturated carbocycles. The third kappa shape index (κ3) is 3.06. The number of hydrogen-bond acceptors (Lipinski definition) is 2. The summed E-state index contributed by atoms with van der Waals surface area (Å²) >= 11 is 3.41. The molecule has 4 heteroatoms. The summed E-state index contributed by atoms with van der Waals surface area (Å²) in [5.74, 6) is -0.387. The predicted octanol–water partition coefficient (Wildman–Crippen LogP) is 3.07. The summed E-state index contributed by atoms with van der Waals surface area (Å²) in [6, 6.07) is 8.06. The molecule has 102 valence electrons. The van der Waals surface area contributed by atoms with E-state index in [-0.39, 0.29) is 23.1 Å². The van der Waals surface area contributed by atoms with E-state index in [9.17, 15) is 9.59 Å². The van der Waals surface area contributed by atoms with Crippen molar-refractivity contribution in [2.45, 2.75) is 33.1 Å². The number of imide groups is 1. The van der Waals surface area contributed by atoms with Crippen LogP contribution in [0.25, 0.3) is 0 Å². The van der Waals surface area contributed by atoms with Crippen molar-refractivity contribution < 1.29 is 9.59 Å². The Kier molecular flexibility index (Phi) is 4.09. The molecule has 1 saturated heterocycles. The smallest absolute Gasteiger partial charge is 0.230 e. The summed E-state index contributed by atoms with van der Waals surface area (Å²) in [4.78, 5) is 23.6. The van der Waals surface area contributed by atoms with Gasteiger partial charge in [-0.15, -0.1) is 0 Å². The highest BCUT2D eigenvalue weighted by Gasteiger charge is 2.43. The van der Waals surface area contributed by atoms with Crippen molar-refractivity contribution in [2.24, 2.45) is 11.3 Å². The van der Waals surface area contributed by atoms with Gasteiger partial charge in [-0.3, -0.25) is 14.9 Å². The molecule has 1 fully saturated rings. The number of carbonyl (C=O) groups is 2. The van der Waals surface area contributed by atoms with E-state index >= 15 is 0 Å². The molecule has 0 aromatic heterocycles. The maximum absolute atomic E-state index is 12.0. The molecule has 0 spiro atoms. The molecule has 2 atom stereocenters. The zero-order chi connectivity index (χ0) is 14.0. The summed E-state index contributed by atoms with van der Waals surface area (Å²) in [7, 11) is 0. The van der Waals surface area contributed by atoms with Gasteiger partial charge in [-0.25, -0.2) is 0 Å². The molecule has 2 amide bonds. The Hall–Kier alpha value is -1.16. The maximum atomic E-state index is 12.0. The number of nitrogens with one attached hydrogen (secondary N) is 1. The predicted molar refractivity (Wildman–Crippen MR) is 77.5 cm³/mol. The monoisotopic (exact) mass is 323 g/mol. The van der Waals surface area contributed by atoms with E-state index in [0.29, 0.717) is 6.42 Å². The fourth-order valence-corrected chi connectivity index (χ4v) is 3.27. The van der Waals surface area contributed by atoms with Crippen LogP contribution in [0.2, 0.25) is 0 Å². The highest BCUT2D eigenvalue weighted by Crippen LogP contribution is 2.39. The zero-order valence-electron chi connectivity index (χ0n) is 11.2. The first kappa shape index (κ1) is 14.3. The van der Waals surface area contributed by atoms with E-state index in [2.05, 4.69) is 21.2 Å². The molecular weight excluding hydrogens is 306 g/mol. The number of amides is 2. The highest BCUT2D eigenvalue weighted by molar-refractivity contribution is 9.10. The molecule has 0 aliphatic carbocycles. The van der Waals surface area contributed by atoms with Crippen LogP contribution in [-0.4, -0.2) is 11.8 Å². The molecule has 19 heavy (non-hydrogen) atoms. The summed E-state index contributed by atoms with van der Waals surface area (Å²) in [5, 5.41) is 2.45. The summed E-state index contributed by atoms with van der Waals surface area (Å²) < 4.78 is 1.03. The van der Waals surface area contributed by atoms with E-state index < -0.39 is 0 Å². The van der Waals surface area contributed by atoms with E-state index in [1.54, 1.807) is 0 Å². The van der Waals surface area contributed by atoms with E-state index in [4.69, 9.17) is 0 Å². The summed E-state index contributed by atoms with van der Waals surface area (Å²) in [6.07, 6.45) is 1.91. The molecule has 0 bridgehead atoms. The van der Waals surface area contributed by atoms with Gasteiger partial charge in [0, 0.05) is 16.8 Å². The standard InChI is InChI=1S/C15H18BrNO2/c1-3-12-14(19)17-13(18)9-15(12,2)8-10-4-6-11(16)7-5-10/h4-7,12H,3,8-9H2,1-2H3,(H,17,18,19). The number of carbonyl (C=O) groups excluding carboxylic acids is 2. The number of rotatable bonds is 3. The lowest BCUT2D eigenvalue weighted by Gasteiger charge is -2.39. The van der Waals surface area contributed by atoms with Crippen LogP contribution < -0.4 is 5.32 Å². The first-order valence-corrected chi connectivity index (χ1v) is 7.32. The van der Waals surface area contributed by atoms with Gasteiger partial charge in [0.15, 0.2) is 0 Å². The van der Waals surface area contributed by atoms with Gasteiger partial charge < -0.3 is 0 Å². The average Bonchev–Trinajstić information content (AvgIpc) is 2.31. The molecule has 3 nitrogen and oxygen atoms in total. The SMILES string of the molecule is CCC1C(=O)NC(=O)CC1(C)Cc1ccc(Br)cc1. The van der Waals surface area contributed by atoms with Crippen LogP contribution in [0.3, 0.4) is 0 Å². The number of halogens is 1. The van der Waals surface area contributed by atoms with Gasteiger partial charge in [-0.2, -0.15) is 0 Å². The van der Waals surface area contributed by atoms with Crippen molar-refractivity contribution in [1.29, 1.82) is 0 Å². The van der Waals surface area contributed by atoms with Gasteiger partial charge in [0.1, 0.15) is 0 Å². The normalized spacial score (nSPS) is 27.2. The van der Waals surface area contributed by atoms with Crippen LogP contribution in [0, 0.1) is 11.3 Å². The van der Waals surface area contributed by atoms with Crippen LogP contribution in [0.15, 0.2) is 28.7 Å². The zero-order valence-corrected chi connectivity index (χ0v) is 12.8. The Morgan fingerprint density at radius 1 is 1.32 bits per heavy atom. The minimum Gasteiger partial charge on any atom is -0.296 e. The molecule has 1 N–H and O–H groups in total. The van der Waals surface area contributed by atoms with Crippen LogP contribution in [-0.2, 0) is 16.0 Å². The van der Waals surface area contributed by atoms with Crippen molar-refractivity contribution in [3.8, 4) is 0 Å². The van der Waals surface area contributed by atoms with E-state index in [1.807, 2.05) is 38.1 Å². The summed E-state index contributed by atoms with van der Waals surface area (Å²) in [6.45, 7) is 4.04. The van der Waals surface area contributed by atoms with Gasteiger partial charge >= 0.3 is 0 Å². The Labute approximate surface area is 121 Å². The molecular formula is C15H18BrNO2. The van der Waals surface area contributed by atoms with E-state index in [0.717, 1.165) is 22.9 Å². The first-order valence-electron chi connectivity index (χ1n) is 6.53. The second-order valence-electron chi connectivity index (χ2n) is 5.51. The average molecular weight is 324 g/mol. The van der Waals surface area contributed by atoms with Crippen molar-refractivity contribution >= 4 is 27.7 Å². The Morgan fingerprint density at radius 3 is 2.53 bits per heavy atom. The van der Waals surface area contributed by atoms with Gasteiger partial charge in [0.05, 0.1) is 0 Å². The lowest BCUT2D eigenvalue weighted by atomic mass is 9.67. The van der Waals surface area contributed by atoms with Gasteiger partial charge in [0.2, 0.25) is 11.8 Å². The number of hydrogen-bond donors (Lipinski definition) is 1. The second-order valence-corrected chi connectivity index (χ2v) is 6.42. The van der Waals surface area contributed by atoms with Gasteiger partial charge in [-0.1, -0.05) is 41.9 Å². The molecule has 2 rings (SSSR count). The lowest BCUT2D eigenvalue weighted by molar-refractivity contribution is -0.143. The Balaban J connectivity index is 2.25. The largest absolute Gasteiger partial charge is 0.296 e. The quantitative estimate of drug-likeness (QED) is 0.869. The minimum atomic E-state index is -0.290. The fraction of sp³-hybridized carbons (Fsp3) is 0.467. The number of benzene rings is 1. The first-order chi connectivity index (χ1) is 8.94. The topological polar surface area (TPSA) is 46.2 Å². The highest BCUT2D eigenvalue weighted by atomic mass is 79.9.